The molecular formula is C22H28N2O3. The fourth-order valence-electron chi connectivity index (χ4n) is 3.73. The summed E-state index contributed by atoms with van der Waals surface area (Å²) >= 11 is 0. The van der Waals surface area contributed by atoms with Gasteiger partial charge < -0.3 is 14.2 Å². The van der Waals surface area contributed by atoms with Crippen LogP contribution in [0.1, 0.15) is 23.6 Å². The van der Waals surface area contributed by atoms with E-state index >= 15 is 0 Å². The van der Waals surface area contributed by atoms with Gasteiger partial charge in [0.1, 0.15) is 12.5 Å². The Labute approximate surface area is 161 Å². The molecular weight excluding hydrogens is 340 g/mol. The fraction of sp³-hybridized carbons (Fsp3) is 0.455. The normalized spacial score (nSPS) is 21.6. The molecule has 2 aromatic rings. The Morgan fingerprint density at radius 3 is 1.33 bits per heavy atom. The van der Waals surface area contributed by atoms with Gasteiger partial charge in [-0.2, -0.15) is 0 Å². The third kappa shape index (κ3) is 4.75. The Kier molecular flexibility index (Phi) is 6.50. The smallest absolute Gasteiger partial charge is 0.139 e. The van der Waals surface area contributed by atoms with Gasteiger partial charge in [0.2, 0.25) is 0 Å². The third-order valence-corrected chi connectivity index (χ3v) is 5.18. The van der Waals surface area contributed by atoms with Crippen molar-refractivity contribution in [1.82, 2.24) is 9.80 Å². The first-order valence-electron chi connectivity index (χ1n) is 9.81. The minimum absolute atomic E-state index is 0.0943. The van der Waals surface area contributed by atoms with Crippen molar-refractivity contribution < 1.29 is 14.2 Å². The molecule has 2 heterocycles. The zero-order valence-electron chi connectivity index (χ0n) is 15.7. The molecule has 2 saturated heterocycles. The SMILES string of the molecule is c1ccc(C(OC(c2ccccc2)N2CCOCC2)N2CCOCC2)cc1. The molecule has 0 aliphatic carbocycles. The number of rotatable bonds is 6. The van der Waals surface area contributed by atoms with Gasteiger partial charge in [-0.05, 0) is 11.1 Å². The van der Waals surface area contributed by atoms with E-state index in [9.17, 15) is 0 Å². The second kappa shape index (κ2) is 9.44. The highest BCUT2D eigenvalue weighted by Crippen LogP contribution is 2.32. The lowest BCUT2D eigenvalue weighted by Crippen LogP contribution is -2.44. The van der Waals surface area contributed by atoms with E-state index in [2.05, 4.69) is 70.5 Å². The van der Waals surface area contributed by atoms with Crippen molar-refractivity contribution in [2.45, 2.75) is 12.5 Å². The Hall–Kier alpha value is -1.76. The summed E-state index contributed by atoms with van der Waals surface area (Å²) < 4.78 is 18.0. The molecule has 144 valence electrons. The van der Waals surface area contributed by atoms with Crippen LogP contribution < -0.4 is 0 Å². The van der Waals surface area contributed by atoms with Crippen molar-refractivity contribution in [3.05, 3.63) is 71.8 Å². The van der Waals surface area contributed by atoms with Crippen LogP contribution in [0.5, 0.6) is 0 Å². The van der Waals surface area contributed by atoms with E-state index in [1.807, 2.05) is 0 Å². The second-order valence-electron chi connectivity index (χ2n) is 6.96. The monoisotopic (exact) mass is 368 g/mol. The summed E-state index contributed by atoms with van der Waals surface area (Å²) in [5.41, 5.74) is 2.38. The van der Waals surface area contributed by atoms with Crippen molar-refractivity contribution in [3.8, 4) is 0 Å². The van der Waals surface area contributed by atoms with E-state index in [1.54, 1.807) is 0 Å². The van der Waals surface area contributed by atoms with Gasteiger partial charge >= 0.3 is 0 Å². The lowest BCUT2D eigenvalue weighted by Gasteiger charge is -2.41. The van der Waals surface area contributed by atoms with Crippen LogP contribution in [0.15, 0.2) is 60.7 Å². The van der Waals surface area contributed by atoms with Crippen LogP contribution in [0.3, 0.4) is 0 Å². The summed E-state index contributed by atoms with van der Waals surface area (Å²) in [7, 11) is 0. The molecule has 0 spiro atoms. The first kappa shape index (κ1) is 18.6. The van der Waals surface area contributed by atoms with E-state index in [-0.39, 0.29) is 12.5 Å². The molecule has 0 aromatic heterocycles. The lowest BCUT2D eigenvalue weighted by molar-refractivity contribution is -0.186. The second-order valence-corrected chi connectivity index (χ2v) is 6.96. The first-order valence-corrected chi connectivity index (χ1v) is 9.81. The van der Waals surface area contributed by atoms with Crippen LogP contribution in [0.25, 0.3) is 0 Å². The Bertz CT molecular complexity index is 611. The number of hydrogen-bond donors (Lipinski definition) is 0. The van der Waals surface area contributed by atoms with Crippen LogP contribution in [0.4, 0.5) is 0 Å². The Morgan fingerprint density at radius 2 is 0.963 bits per heavy atom. The molecule has 5 heteroatoms. The fourth-order valence-corrected chi connectivity index (χ4v) is 3.73. The molecule has 4 rings (SSSR count). The van der Waals surface area contributed by atoms with Gasteiger partial charge in [-0.25, -0.2) is 0 Å². The maximum atomic E-state index is 6.84. The van der Waals surface area contributed by atoms with Crippen molar-refractivity contribution in [2.24, 2.45) is 0 Å². The van der Waals surface area contributed by atoms with Gasteiger partial charge in [0.25, 0.3) is 0 Å². The van der Waals surface area contributed by atoms with Crippen molar-refractivity contribution >= 4 is 0 Å². The third-order valence-electron chi connectivity index (χ3n) is 5.18. The maximum Gasteiger partial charge on any atom is 0.139 e. The first-order chi connectivity index (χ1) is 13.4. The molecule has 2 aliphatic heterocycles. The predicted molar refractivity (Wildman–Crippen MR) is 104 cm³/mol. The minimum Gasteiger partial charge on any atom is -0.379 e. The highest BCUT2D eigenvalue weighted by molar-refractivity contribution is 5.20. The molecule has 27 heavy (non-hydrogen) atoms. The quantitative estimate of drug-likeness (QED) is 0.783. The summed E-state index contributed by atoms with van der Waals surface area (Å²) in [5, 5.41) is 0. The van der Waals surface area contributed by atoms with Gasteiger partial charge in [0.15, 0.2) is 0 Å². The van der Waals surface area contributed by atoms with Crippen LogP contribution in [-0.2, 0) is 14.2 Å². The molecule has 0 saturated carbocycles. The molecule has 2 fully saturated rings. The molecule has 5 nitrogen and oxygen atoms in total. The van der Waals surface area contributed by atoms with E-state index in [0.29, 0.717) is 0 Å². The predicted octanol–water partition coefficient (Wildman–Crippen LogP) is 3.07. The summed E-state index contributed by atoms with van der Waals surface area (Å²) in [5.74, 6) is 0. The standard InChI is InChI=1S/C22H28N2O3/c1-3-7-19(8-4-1)21(23-11-15-25-16-12-23)27-22(20-9-5-2-6-10-20)24-13-17-26-18-14-24/h1-10,21-22H,11-18H2. The number of ether oxygens (including phenoxy) is 3. The van der Waals surface area contributed by atoms with E-state index in [1.165, 1.54) is 11.1 Å². The van der Waals surface area contributed by atoms with Crippen LogP contribution in [0.2, 0.25) is 0 Å². The molecule has 0 radical (unpaired) electrons. The average molecular weight is 368 g/mol. The summed E-state index contributed by atoms with van der Waals surface area (Å²) in [4.78, 5) is 4.77. The Morgan fingerprint density at radius 1 is 0.593 bits per heavy atom. The highest BCUT2D eigenvalue weighted by Gasteiger charge is 2.30. The van der Waals surface area contributed by atoms with E-state index in [0.717, 1.165) is 52.6 Å². The minimum atomic E-state index is -0.0943. The topological polar surface area (TPSA) is 34.2 Å². The number of nitrogens with zero attached hydrogens (tertiary/aromatic N) is 2. The summed E-state index contributed by atoms with van der Waals surface area (Å²) in [6, 6.07) is 21.0. The summed E-state index contributed by atoms with van der Waals surface area (Å²) in [6.07, 6.45) is -0.189. The van der Waals surface area contributed by atoms with Crippen LogP contribution >= 0.6 is 0 Å². The zero-order chi connectivity index (χ0) is 18.3. The molecule has 2 aromatic carbocycles. The van der Waals surface area contributed by atoms with Gasteiger partial charge in [-0.15, -0.1) is 0 Å². The van der Waals surface area contributed by atoms with Crippen LogP contribution in [-0.4, -0.2) is 62.4 Å². The van der Waals surface area contributed by atoms with Gasteiger partial charge in [0, 0.05) is 26.2 Å². The maximum absolute atomic E-state index is 6.84. The van der Waals surface area contributed by atoms with Crippen molar-refractivity contribution in [3.63, 3.8) is 0 Å². The molecule has 2 atom stereocenters. The van der Waals surface area contributed by atoms with Crippen molar-refractivity contribution in [1.29, 1.82) is 0 Å². The van der Waals surface area contributed by atoms with E-state index in [4.69, 9.17) is 14.2 Å². The zero-order valence-corrected chi connectivity index (χ0v) is 15.7. The number of morpholine rings is 2. The molecule has 2 aliphatic rings. The van der Waals surface area contributed by atoms with Gasteiger partial charge in [-0.1, -0.05) is 60.7 Å². The summed E-state index contributed by atoms with van der Waals surface area (Å²) in [6.45, 7) is 6.52. The molecule has 2 unspecified atom stereocenters. The highest BCUT2D eigenvalue weighted by atomic mass is 16.5. The number of benzene rings is 2. The average Bonchev–Trinajstić information content (AvgIpc) is 2.77. The van der Waals surface area contributed by atoms with Gasteiger partial charge in [-0.3, -0.25) is 9.80 Å². The van der Waals surface area contributed by atoms with E-state index < -0.39 is 0 Å². The lowest BCUT2D eigenvalue weighted by atomic mass is 10.1. The largest absolute Gasteiger partial charge is 0.379 e. The van der Waals surface area contributed by atoms with Gasteiger partial charge in [0.05, 0.1) is 26.4 Å². The Balaban J connectivity index is 1.62. The number of hydrogen-bond acceptors (Lipinski definition) is 5. The molecule has 0 N–H and O–H groups in total. The van der Waals surface area contributed by atoms with Crippen LogP contribution in [0, 0.1) is 0 Å². The molecule has 0 bridgehead atoms. The molecule has 0 amide bonds. The van der Waals surface area contributed by atoms with Crippen molar-refractivity contribution in [2.75, 3.05) is 52.6 Å².